The molecule has 2 N–H and O–H groups in total. The summed E-state index contributed by atoms with van der Waals surface area (Å²) in [5.41, 5.74) is 2.18. The monoisotopic (exact) mass is 599 g/mol. The molecule has 0 amide bonds. The van der Waals surface area contributed by atoms with Crippen LogP contribution in [-0.4, -0.2) is 36.9 Å². The van der Waals surface area contributed by atoms with Crippen molar-refractivity contribution < 1.29 is 13.2 Å². The molecule has 0 aliphatic carbocycles. The van der Waals surface area contributed by atoms with Crippen LogP contribution in [0.25, 0.3) is 0 Å². The van der Waals surface area contributed by atoms with Crippen LogP contribution in [-0.2, 0) is 27.8 Å². The molecule has 196 valence electrons. The van der Waals surface area contributed by atoms with Crippen LogP contribution < -0.4 is 5.14 Å². The summed E-state index contributed by atoms with van der Waals surface area (Å²) < 4.78 is 29.2. The van der Waals surface area contributed by atoms with Crippen LogP contribution in [0.4, 0.5) is 0 Å². The number of alkyl halides is 1. The van der Waals surface area contributed by atoms with Gasteiger partial charge in [-0.15, -0.1) is 0 Å². The van der Waals surface area contributed by atoms with Crippen molar-refractivity contribution in [3.63, 3.8) is 0 Å². The number of rotatable bonds is 10. The summed E-state index contributed by atoms with van der Waals surface area (Å²) in [6, 6.07) is 19.3. The second-order valence-corrected chi connectivity index (χ2v) is 11.9. The van der Waals surface area contributed by atoms with Crippen molar-refractivity contribution in [2.24, 2.45) is 5.14 Å². The maximum absolute atomic E-state index is 11.5. The van der Waals surface area contributed by atoms with E-state index in [4.69, 9.17) is 56.3 Å². The van der Waals surface area contributed by atoms with Gasteiger partial charge in [-0.3, -0.25) is 0 Å². The third-order valence-corrected chi connectivity index (χ3v) is 8.20. The van der Waals surface area contributed by atoms with E-state index in [2.05, 4.69) is 4.90 Å². The number of halogens is 4. The van der Waals surface area contributed by atoms with Gasteiger partial charge in [-0.1, -0.05) is 76.7 Å². The molecule has 2 atom stereocenters. The molecule has 1 aliphatic heterocycles. The molecule has 0 fully saturated rings. The van der Waals surface area contributed by atoms with E-state index in [0.29, 0.717) is 21.7 Å². The first-order chi connectivity index (χ1) is 17.6. The number of nitrogens with two attached hydrogens (primary N) is 1. The molecule has 3 aromatic carbocycles. The van der Waals surface area contributed by atoms with Gasteiger partial charge in [0.1, 0.15) is 11.6 Å². The van der Waals surface area contributed by atoms with Crippen LogP contribution in [0.1, 0.15) is 22.8 Å². The van der Waals surface area contributed by atoms with Crippen LogP contribution in [0.5, 0.6) is 0 Å². The van der Waals surface area contributed by atoms with Gasteiger partial charge in [0, 0.05) is 34.0 Å². The van der Waals surface area contributed by atoms with Gasteiger partial charge < -0.3 is 14.5 Å². The average Bonchev–Trinajstić information content (AvgIpc) is 3.34. The topological polar surface area (TPSA) is 75.9 Å². The lowest BCUT2D eigenvalue weighted by Crippen LogP contribution is -2.36. The fraction of sp³-hybridized carbons (Fsp3) is 0.231. The third-order valence-electron chi connectivity index (χ3n) is 5.95. The Kier molecular flexibility index (Phi) is 9.29. The minimum Gasteiger partial charge on any atom is -0.365 e. The van der Waals surface area contributed by atoms with E-state index in [0.717, 1.165) is 29.7 Å². The second kappa shape index (κ2) is 12.3. The van der Waals surface area contributed by atoms with Crippen LogP contribution in [0.3, 0.4) is 0 Å². The zero-order valence-electron chi connectivity index (χ0n) is 19.6. The Morgan fingerprint density at radius 3 is 2.24 bits per heavy atom. The molecule has 0 spiro atoms. The Morgan fingerprint density at radius 2 is 1.59 bits per heavy atom. The van der Waals surface area contributed by atoms with Gasteiger partial charge in [0.2, 0.25) is 10.0 Å². The van der Waals surface area contributed by atoms with E-state index in [-0.39, 0.29) is 11.5 Å². The number of nitrogens with zero attached hydrogens (tertiary/aromatic N) is 2. The summed E-state index contributed by atoms with van der Waals surface area (Å²) in [6.07, 6.45) is 4.16. The fourth-order valence-electron chi connectivity index (χ4n) is 3.89. The molecule has 1 heterocycles. The third kappa shape index (κ3) is 7.54. The lowest BCUT2D eigenvalue weighted by Gasteiger charge is -2.31. The highest BCUT2D eigenvalue weighted by Gasteiger charge is 2.29. The minimum atomic E-state index is -3.70. The zero-order chi connectivity index (χ0) is 26.6. The van der Waals surface area contributed by atoms with E-state index in [1.54, 1.807) is 36.4 Å². The summed E-state index contributed by atoms with van der Waals surface area (Å²) >= 11 is 25.4. The first-order valence-corrected chi connectivity index (χ1v) is 14.5. The number of hydrogen-bond donors (Lipinski definition) is 1. The fourth-order valence-corrected chi connectivity index (χ4v) is 5.34. The van der Waals surface area contributed by atoms with Crippen molar-refractivity contribution >= 4 is 56.4 Å². The minimum absolute atomic E-state index is 0.0987. The predicted octanol–water partition coefficient (Wildman–Crippen LogP) is 6.41. The Morgan fingerprint density at radius 1 is 0.919 bits per heavy atom. The Labute approximate surface area is 237 Å². The molecule has 2 unspecified atom stereocenters. The first-order valence-electron chi connectivity index (χ1n) is 11.3. The average molecular weight is 601 g/mol. The zero-order valence-corrected chi connectivity index (χ0v) is 23.4. The van der Waals surface area contributed by atoms with Gasteiger partial charge in [0.05, 0.1) is 18.2 Å². The second-order valence-electron chi connectivity index (χ2n) is 8.60. The highest BCUT2D eigenvalue weighted by atomic mass is 35.5. The van der Waals surface area contributed by atoms with Gasteiger partial charge in [-0.25, -0.2) is 13.6 Å². The Hall–Kier alpha value is -1.97. The van der Waals surface area contributed by atoms with Crippen molar-refractivity contribution in [3.05, 3.63) is 111 Å². The maximum Gasteiger partial charge on any atom is 0.238 e. The van der Waals surface area contributed by atoms with Crippen LogP contribution >= 0.6 is 46.4 Å². The van der Waals surface area contributed by atoms with Crippen LogP contribution in [0.15, 0.2) is 84.0 Å². The Balaban J connectivity index is 1.40. The van der Waals surface area contributed by atoms with Crippen molar-refractivity contribution in [3.8, 4) is 0 Å². The maximum atomic E-state index is 11.5. The number of hydrogen-bond acceptors (Lipinski definition) is 5. The predicted molar refractivity (Wildman–Crippen MR) is 149 cm³/mol. The summed E-state index contributed by atoms with van der Waals surface area (Å²) in [7, 11) is -3.70. The summed E-state index contributed by atoms with van der Waals surface area (Å²) in [4.78, 5) is 4.22. The first kappa shape index (κ1) is 28.0. The van der Waals surface area contributed by atoms with E-state index >= 15 is 0 Å². The molecule has 3 aromatic rings. The summed E-state index contributed by atoms with van der Waals surface area (Å²) in [5, 5.41) is 6.88. The Bertz CT molecular complexity index is 1350. The van der Waals surface area contributed by atoms with Crippen molar-refractivity contribution in [1.82, 2.24) is 9.80 Å². The van der Waals surface area contributed by atoms with Crippen molar-refractivity contribution in [1.29, 1.82) is 0 Å². The van der Waals surface area contributed by atoms with Crippen LogP contribution in [0.2, 0.25) is 15.1 Å². The molecular weight excluding hydrogens is 576 g/mol. The van der Waals surface area contributed by atoms with Gasteiger partial charge in [-0.05, 0) is 59.5 Å². The van der Waals surface area contributed by atoms with Crippen molar-refractivity contribution in [2.45, 2.75) is 29.5 Å². The van der Waals surface area contributed by atoms with Gasteiger partial charge in [0.15, 0.2) is 0 Å². The van der Waals surface area contributed by atoms with Gasteiger partial charge in [-0.2, -0.15) is 0 Å². The SMILES string of the molecule is NS(=O)(=O)c1ccc(CCN2C=CN(C(Cl)C(OCc3ccc(Cl)cc3Cl)c3ccc(Cl)cc3)C2)cc1. The van der Waals surface area contributed by atoms with Gasteiger partial charge in [0.25, 0.3) is 0 Å². The summed E-state index contributed by atoms with van der Waals surface area (Å²) in [5.74, 6) is 0. The molecule has 0 aromatic heterocycles. The van der Waals surface area contributed by atoms with E-state index in [1.807, 2.05) is 35.5 Å². The number of ether oxygens (including phenoxy) is 1. The number of primary sulfonamides is 1. The highest BCUT2D eigenvalue weighted by molar-refractivity contribution is 7.89. The normalized spacial score (nSPS) is 15.3. The standard InChI is InChI=1S/C26H25Cl4N3O3S/c27-21-6-3-19(4-7-21)25(36-16-20-5-8-22(28)15-24(20)29)26(30)33-14-13-32(17-33)12-11-18-1-9-23(10-2-18)37(31,34)35/h1-10,13-15,25-26H,11-12,16-17H2,(H2,31,34,35). The molecule has 0 radical (unpaired) electrons. The molecule has 0 saturated heterocycles. The molecule has 0 bridgehead atoms. The van der Waals surface area contributed by atoms with Gasteiger partial charge >= 0.3 is 0 Å². The summed E-state index contributed by atoms with van der Waals surface area (Å²) in [6.45, 7) is 1.54. The highest BCUT2D eigenvalue weighted by Crippen LogP contribution is 2.33. The van der Waals surface area contributed by atoms with E-state index < -0.39 is 21.6 Å². The molecular formula is C26H25Cl4N3O3S. The largest absolute Gasteiger partial charge is 0.365 e. The number of sulfonamides is 1. The quantitative estimate of drug-likeness (QED) is 0.215. The molecule has 6 nitrogen and oxygen atoms in total. The lowest BCUT2D eigenvalue weighted by molar-refractivity contribution is 0.00688. The number of benzene rings is 3. The van der Waals surface area contributed by atoms with Crippen molar-refractivity contribution in [2.75, 3.05) is 13.2 Å². The van der Waals surface area contributed by atoms with Crippen LogP contribution in [0, 0.1) is 0 Å². The molecule has 0 saturated carbocycles. The molecule has 11 heteroatoms. The lowest BCUT2D eigenvalue weighted by atomic mass is 10.1. The van der Waals surface area contributed by atoms with E-state index in [9.17, 15) is 8.42 Å². The molecule has 1 aliphatic rings. The van der Waals surface area contributed by atoms with E-state index in [1.165, 1.54) is 12.1 Å². The molecule has 4 rings (SSSR count). The molecule has 37 heavy (non-hydrogen) atoms. The smallest absolute Gasteiger partial charge is 0.238 e.